The van der Waals surface area contributed by atoms with Gasteiger partial charge in [-0.2, -0.15) is 0 Å². The molecule has 0 saturated heterocycles. The second-order valence-corrected chi connectivity index (χ2v) is 11.6. The zero-order chi connectivity index (χ0) is 30.3. The predicted octanol–water partition coefficient (Wildman–Crippen LogP) is 8.91. The van der Waals surface area contributed by atoms with Crippen LogP contribution in [0.25, 0.3) is 0 Å². The summed E-state index contributed by atoms with van der Waals surface area (Å²) in [7, 11) is 0. The van der Waals surface area contributed by atoms with Gasteiger partial charge in [-0.15, -0.1) is 0 Å². The molecule has 0 aliphatic carbocycles. The Morgan fingerprint density at radius 2 is 1.91 bits per heavy atom. The average Bonchev–Trinajstić information content (AvgIpc) is 3.35. The molecule has 5 nitrogen and oxygen atoms in total. The average molecular weight is 586 g/mol. The number of hydrogen-bond donors (Lipinski definition) is 0. The predicted molar refractivity (Wildman–Crippen MR) is 170 cm³/mol. The van der Waals surface area contributed by atoms with E-state index in [1.165, 1.54) is 11.6 Å². The number of nitrogens with zero attached hydrogens (tertiary/aromatic N) is 3. The Labute approximate surface area is 253 Å². The molecule has 0 N–H and O–H groups in total. The van der Waals surface area contributed by atoms with E-state index in [4.69, 9.17) is 24.5 Å². The highest BCUT2D eigenvalue weighted by Crippen LogP contribution is 2.31. The van der Waals surface area contributed by atoms with Crippen molar-refractivity contribution in [1.29, 1.82) is 0 Å². The van der Waals surface area contributed by atoms with Gasteiger partial charge in [-0.3, -0.25) is 15.0 Å². The third-order valence-corrected chi connectivity index (χ3v) is 8.28. The first-order valence-electron chi connectivity index (χ1n) is 15.4. The highest BCUT2D eigenvalue weighted by molar-refractivity contribution is 6.11. The van der Waals surface area contributed by atoms with Crippen molar-refractivity contribution in [2.75, 3.05) is 13.2 Å². The van der Waals surface area contributed by atoms with Crippen molar-refractivity contribution >= 4 is 17.6 Å². The highest BCUT2D eigenvalue weighted by atomic mass is 19.2. The van der Waals surface area contributed by atoms with Gasteiger partial charge in [0.05, 0.1) is 48.3 Å². The minimum Gasteiger partial charge on any atom is -0.498 e. The van der Waals surface area contributed by atoms with E-state index in [9.17, 15) is 8.78 Å². The Morgan fingerprint density at radius 3 is 2.74 bits per heavy atom. The van der Waals surface area contributed by atoms with Crippen LogP contribution in [0.4, 0.5) is 8.78 Å². The molecule has 5 rings (SSSR count). The molecule has 0 bridgehead atoms. The van der Waals surface area contributed by atoms with Gasteiger partial charge in [-0.25, -0.2) is 8.78 Å². The van der Waals surface area contributed by atoms with Crippen molar-refractivity contribution in [3.63, 3.8) is 0 Å². The van der Waals surface area contributed by atoms with Gasteiger partial charge in [0.1, 0.15) is 5.76 Å². The van der Waals surface area contributed by atoms with Gasteiger partial charge in [-0.1, -0.05) is 43.2 Å². The highest BCUT2D eigenvalue weighted by Gasteiger charge is 2.22. The fourth-order valence-corrected chi connectivity index (χ4v) is 5.61. The molecule has 1 aromatic rings. The standard InChI is InChI=1S/C36H41F2N3O2/c1-5-17-43-35-22-40-32(14-13-25(35)4)29-20-27(42-18-16-24(29)3)19-26-8-6-11-33-30(21-39-26)23(2)12-15-34(41-33)28-9-7-10-31(37)36(28)38/h7,9-11,13-14,20-22,25-26H,5-6,8,12,15-19H2,1-4H3. The van der Waals surface area contributed by atoms with Crippen LogP contribution in [0.1, 0.15) is 78.2 Å². The molecular formula is C36H41F2N3O2. The molecule has 43 heavy (non-hydrogen) atoms. The summed E-state index contributed by atoms with van der Waals surface area (Å²) in [6.45, 7) is 9.74. The van der Waals surface area contributed by atoms with Crippen LogP contribution >= 0.6 is 0 Å². The molecule has 7 heteroatoms. The molecule has 0 spiro atoms. The Hall–Kier alpha value is -3.87. The smallest absolute Gasteiger partial charge is 0.167 e. The summed E-state index contributed by atoms with van der Waals surface area (Å²) in [6.07, 6.45) is 17.6. The van der Waals surface area contributed by atoms with Crippen LogP contribution in [-0.2, 0) is 9.47 Å². The van der Waals surface area contributed by atoms with E-state index in [2.05, 4.69) is 52.0 Å². The first kappa shape index (κ1) is 30.6. The fourth-order valence-electron chi connectivity index (χ4n) is 5.61. The molecule has 226 valence electrons. The van der Waals surface area contributed by atoms with E-state index in [1.807, 2.05) is 12.4 Å². The van der Waals surface area contributed by atoms with E-state index in [1.54, 1.807) is 6.07 Å². The van der Waals surface area contributed by atoms with Crippen LogP contribution < -0.4 is 0 Å². The lowest BCUT2D eigenvalue weighted by atomic mass is 9.97. The molecule has 0 aromatic heterocycles. The molecule has 4 heterocycles. The maximum atomic E-state index is 14.6. The van der Waals surface area contributed by atoms with Crippen LogP contribution in [0.15, 0.2) is 103 Å². The second-order valence-electron chi connectivity index (χ2n) is 11.6. The lowest BCUT2D eigenvalue weighted by Crippen LogP contribution is -2.11. The van der Waals surface area contributed by atoms with Gasteiger partial charge in [-0.05, 0) is 70.2 Å². The van der Waals surface area contributed by atoms with Crippen LogP contribution in [0.3, 0.4) is 0 Å². The van der Waals surface area contributed by atoms with Crippen LogP contribution in [0.5, 0.6) is 0 Å². The minimum atomic E-state index is -0.854. The topological polar surface area (TPSA) is 55.5 Å². The van der Waals surface area contributed by atoms with Crippen molar-refractivity contribution < 1.29 is 18.3 Å². The molecule has 4 aliphatic heterocycles. The van der Waals surface area contributed by atoms with Crippen molar-refractivity contribution in [2.45, 2.75) is 78.7 Å². The van der Waals surface area contributed by atoms with E-state index < -0.39 is 11.6 Å². The van der Waals surface area contributed by atoms with Gasteiger partial charge in [0.2, 0.25) is 0 Å². The van der Waals surface area contributed by atoms with E-state index in [-0.39, 0.29) is 17.5 Å². The van der Waals surface area contributed by atoms with Gasteiger partial charge in [0, 0.05) is 41.7 Å². The number of benzene rings is 1. The molecule has 1 aromatic carbocycles. The fraction of sp³-hybridized carbons (Fsp3) is 0.417. The number of fused-ring (bicyclic) bond motifs is 1. The Morgan fingerprint density at radius 1 is 1.07 bits per heavy atom. The maximum Gasteiger partial charge on any atom is 0.167 e. The third kappa shape index (κ3) is 7.38. The maximum absolute atomic E-state index is 14.6. The zero-order valence-electron chi connectivity index (χ0n) is 25.6. The summed E-state index contributed by atoms with van der Waals surface area (Å²) in [5, 5.41) is 0. The number of halogens is 2. The van der Waals surface area contributed by atoms with Crippen LogP contribution in [-0.4, -0.2) is 36.9 Å². The van der Waals surface area contributed by atoms with E-state index >= 15 is 0 Å². The number of ether oxygens (including phenoxy) is 2. The molecule has 4 aliphatic rings. The zero-order valence-corrected chi connectivity index (χ0v) is 25.6. The van der Waals surface area contributed by atoms with Crippen molar-refractivity contribution in [3.8, 4) is 0 Å². The number of aliphatic imine (C=N–C) groups is 3. The first-order chi connectivity index (χ1) is 20.8. The Balaban J connectivity index is 1.36. The molecule has 0 radical (unpaired) electrons. The lowest BCUT2D eigenvalue weighted by molar-refractivity contribution is 0.190. The van der Waals surface area contributed by atoms with Crippen LogP contribution in [0, 0.1) is 17.6 Å². The quantitative estimate of drug-likeness (QED) is 0.321. The SMILES string of the molecule is CCCOC1=CN=C(C2=C(C)CCOC(CC3CCC=C4N=C(c5cccc(F)c5F)CCC(C)=C4C=N3)=C2)C=CC1C. The van der Waals surface area contributed by atoms with Crippen molar-refractivity contribution in [2.24, 2.45) is 20.9 Å². The first-order valence-corrected chi connectivity index (χ1v) is 15.4. The van der Waals surface area contributed by atoms with Crippen molar-refractivity contribution in [3.05, 3.63) is 105 Å². The number of rotatable bonds is 7. The molecule has 0 amide bonds. The number of hydrogen-bond acceptors (Lipinski definition) is 5. The summed E-state index contributed by atoms with van der Waals surface area (Å²) in [6, 6.07) is 4.31. The van der Waals surface area contributed by atoms with Crippen molar-refractivity contribution in [1.82, 2.24) is 0 Å². The van der Waals surface area contributed by atoms with Gasteiger partial charge >= 0.3 is 0 Å². The van der Waals surface area contributed by atoms with Gasteiger partial charge in [0.25, 0.3) is 0 Å². The molecule has 2 atom stereocenters. The third-order valence-electron chi connectivity index (χ3n) is 8.28. The molecule has 0 fully saturated rings. The summed E-state index contributed by atoms with van der Waals surface area (Å²) in [5.74, 6) is 0.261. The summed E-state index contributed by atoms with van der Waals surface area (Å²) in [4.78, 5) is 14.6. The van der Waals surface area contributed by atoms with Gasteiger partial charge in [0.15, 0.2) is 11.6 Å². The molecule has 2 unspecified atom stereocenters. The Kier molecular flexibility index (Phi) is 10.0. The molecule has 0 saturated carbocycles. The summed E-state index contributed by atoms with van der Waals surface area (Å²) >= 11 is 0. The van der Waals surface area contributed by atoms with E-state index in [0.29, 0.717) is 38.2 Å². The molecular weight excluding hydrogens is 544 g/mol. The number of allylic oxidation sites excluding steroid dienone is 7. The summed E-state index contributed by atoms with van der Waals surface area (Å²) < 4.78 is 40.7. The second kappa shape index (κ2) is 14.1. The Bertz CT molecular complexity index is 1520. The minimum absolute atomic E-state index is 0.0388. The van der Waals surface area contributed by atoms with Gasteiger partial charge < -0.3 is 9.47 Å². The lowest BCUT2D eigenvalue weighted by Gasteiger charge is -2.18. The normalized spacial score (nSPS) is 22.9. The van der Waals surface area contributed by atoms with Crippen LogP contribution in [0.2, 0.25) is 0 Å². The summed E-state index contributed by atoms with van der Waals surface area (Å²) in [5.41, 5.74) is 6.93. The van der Waals surface area contributed by atoms with E-state index in [0.717, 1.165) is 71.4 Å². The largest absolute Gasteiger partial charge is 0.498 e. The monoisotopic (exact) mass is 585 g/mol.